The molecule has 3 aromatic rings. The molecule has 7 heteroatoms. The minimum atomic E-state index is -0.599. The van der Waals surface area contributed by atoms with Gasteiger partial charge in [0.25, 0.3) is 0 Å². The highest BCUT2D eigenvalue weighted by Crippen LogP contribution is 2.17. The number of carbonyl (C=O) groups is 2. The van der Waals surface area contributed by atoms with Gasteiger partial charge < -0.3 is 5.32 Å². The lowest BCUT2D eigenvalue weighted by molar-refractivity contribution is -0.119. The van der Waals surface area contributed by atoms with Crippen LogP contribution in [-0.2, 0) is 11.2 Å². The Morgan fingerprint density at radius 3 is 2.60 bits per heavy atom. The Morgan fingerprint density at radius 1 is 1.12 bits per heavy atom. The lowest BCUT2D eigenvalue weighted by Crippen LogP contribution is -2.28. The average molecular weight is 335 g/mol. The van der Waals surface area contributed by atoms with Crippen LogP contribution in [0.3, 0.4) is 0 Å². The quantitative estimate of drug-likeness (QED) is 0.698. The van der Waals surface area contributed by atoms with Gasteiger partial charge >= 0.3 is 0 Å². The van der Waals surface area contributed by atoms with E-state index >= 15 is 0 Å². The van der Waals surface area contributed by atoms with Crippen molar-refractivity contribution >= 4 is 17.4 Å². The maximum absolute atomic E-state index is 12.8. The molecule has 0 aliphatic carbocycles. The van der Waals surface area contributed by atoms with Crippen molar-refractivity contribution in [1.29, 1.82) is 0 Å². The van der Waals surface area contributed by atoms with E-state index in [-0.39, 0.29) is 11.7 Å². The molecule has 0 saturated carbocycles. The highest BCUT2D eigenvalue weighted by Gasteiger charge is 2.22. The topological polar surface area (TPSA) is 89.8 Å². The molecular weight excluding hydrogens is 318 g/mol. The van der Waals surface area contributed by atoms with Crippen molar-refractivity contribution in [2.75, 3.05) is 5.32 Å². The Kier molecular flexibility index (Phi) is 4.94. The molecule has 7 nitrogen and oxygen atoms in total. The fraction of sp³-hybridized carbons (Fsp3) is 0.167. The van der Waals surface area contributed by atoms with E-state index in [9.17, 15) is 9.59 Å². The fourth-order valence-electron chi connectivity index (χ4n) is 2.50. The first-order valence-electron chi connectivity index (χ1n) is 7.82. The summed E-state index contributed by atoms with van der Waals surface area (Å²) in [6, 6.07) is 15.9. The summed E-state index contributed by atoms with van der Waals surface area (Å²) in [5.74, 6) is -0.311. The zero-order chi connectivity index (χ0) is 17.6. The number of Topliss-reactive ketones (excluding diaryl/α,β-unsaturated/α-hetero) is 1. The van der Waals surface area contributed by atoms with Crippen LogP contribution in [0.5, 0.6) is 0 Å². The predicted octanol–water partition coefficient (Wildman–Crippen LogP) is 2.30. The van der Waals surface area contributed by atoms with Gasteiger partial charge in [0, 0.05) is 17.7 Å². The number of anilines is 1. The molecule has 0 aliphatic rings. The van der Waals surface area contributed by atoms with Gasteiger partial charge in [-0.1, -0.05) is 42.5 Å². The number of nitrogens with one attached hydrogen (secondary N) is 1. The van der Waals surface area contributed by atoms with Crippen molar-refractivity contribution in [3.8, 4) is 0 Å². The molecule has 2 aromatic carbocycles. The van der Waals surface area contributed by atoms with E-state index in [1.165, 1.54) is 17.9 Å². The second-order valence-electron chi connectivity index (χ2n) is 5.62. The number of nitrogens with zero attached hydrogens (tertiary/aromatic N) is 4. The third-order valence-corrected chi connectivity index (χ3v) is 3.80. The molecule has 1 heterocycles. The number of aromatic nitrogens is 4. The molecule has 0 aliphatic heterocycles. The van der Waals surface area contributed by atoms with Crippen molar-refractivity contribution < 1.29 is 9.59 Å². The summed E-state index contributed by atoms with van der Waals surface area (Å²) in [6.45, 7) is 1.49. The minimum absolute atomic E-state index is 0.0580. The van der Waals surface area contributed by atoms with Crippen molar-refractivity contribution in [3.05, 3.63) is 72.1 Å². The third-order valence-electron chi connectivity index (χ3n) is 3.80. The number of ketones is 1. The van der Waals surface area contributed by atoms with Gasteiger partial charge in [-0.2, -0.15) is 0 Å². The molecule has 0 fully saturated rings. The average Bonchev–Trinajstić information content (AvgIpc) is 3.15. The van der Waals surface area contributed by atoms with E-state index in [2.05, 4.69) is 20.8 Å². The van der Waals surface area contributed by atoms with Gasteiger partial charge in [0.15, 0.2) is 5.78 Å². The van der Waals surface area contributed by atoms with E-state index in [0.29, 0.717) is 17.7 Å². The van der Waals surface area contributed by atoms with Gasteiger partial charge in [0.2, 0.25) is 5.91 Å². The summed E-state index contributed by atoms with van der Waals surface area (Å²) in [5.41, 5.74) is 2.10. The number of amides is 1. The maximum Gasteiger partial charge on any atom is 0.249 e. The predicted molar refractivity (Wildman–Crippen MR) is 92.1 cm³/mol. The Morgan fingerprint density at radius 2 is 1.92 bits per heavy atom. The minimum Gasteiger partial charge on any atom is -0.324 e. The molecule has 126 valence electrons. The fourth-order valence-corrected chi connectivity index (χ4v) is 2.50. The van der Waals surface area contributed by atoms with Crippen LogP contribution >= 0.6 is 0 Å². The Hall–Kier alpha value is -3.35. The van der Waals surface area contributed by atoms with Gasteiger partial charge in [-0.3, -0.25) is 9.59 Å². The second kappa shape index (κ2) is 7.48. The Balaban J connectivity index is 1.82. The lowest BCUT2D eigenvalue weighted by atomic mass is 10.1. The van der Waals surface area contributed by atoms with E-state index in [4.69, 9.17) is 0 Å². The number of carbonyl (C=O) groups excluding carboxylic acids is 2. The largest absolute Gasteiger partial charge is 0.324 e. The van der Waals surface area contributed by atoms with Crippen molar-refractivity contribution in [2.45, 2.75) is 19.4 Å². The lowest BCUT2D eigenvalue weighted by Gasteiger charge is -2.16. The summed E-state index contributed by atoms with van der Waals surface area (Å²) in [6.07, 6.45) is 1.86. The maximum atomic E-state index is 12.8. The van der Waals surface area contributed by atoms with Gasteiger partial charge in [-0.05, 0) is 35.0 Å². The molecule has 0 saturated heterocycles. The molecule has 1 N–H and O–H groups in total. The summed E-state index contributed by atoms with van der Waals surface area (Å²) in [7, 11) is 0. The molecule has 25 heavy (non-hydrogen) atoms. The molecule has 0 bridgehead atoms. The first kappa shape index (κ1) is 16.5. The number of tetrazole rings is 1. The van der Waals surface area contributed by atoms with Crippen LogP contribution in [0.2, 0.25) is 0 Å². The van der Waals surface area contributed by atoms with Crippen LogP contribution in [0.1, 0.15) is 28.9 Å². The second-order valence-corrected chi connectivity index (χ2v) is 5.62. The van der Waals surface area contributed by atoms with Crippen LogP contribution in [0, 0.1) is 0 Å². The van der Waals surface area contributed by atoms with Crippen LogP contribution < -0.4 is 5.32 Å². The molecular formula is C18H17N5O2. The van der Waals surface area contributed by atoms with Gasteiger partial charge in [0.1, 0.15) is 12.4 Å². The zero-order valence-electron chi connectivity index (χ0n) is 13.7. The summed E-state index contributed by atoms with van der Waals surface area (Å²) in [4.78, 5) is 24.3. The molecule has 1 aromatic heterocycles. The SMILES string of the molecule is CC(=O)c1cccc(NC(=O)[C@@H](Cc2ccccc2)n2cnnn2)c1. The van der Waals surface area contributed by atoms with E-state index in [1.807, 2.05) is 30.3 Å². The number of hydrogen-bond donors (Lipinski definition) is 1. The molecule has 0 spiro atoms. The van der Waals surface area contributed by atoms with Crippen molar-refractivity contribution in [2.24, 2.45) is 0 Å². The smallest absolute Gasteiger partial charge is 0.249 e. The summed E-state index contributed by atoms with van der Waals surface area (Å²) in [5, 5.41) is 13.9. The molecule has 3 rings (SSSR count). The van der Waals surface area contributed by atoms with Crippen LogP contribution in [0.4, 0.5) is 5.69 Å². The monoisotopic (exact) mass is 335 g/mol. The zero-order valence-corrected chi connectivity index (χ0v) is 13.7. The summed E-state index contributed by atoms with van der Waals surface area (Å²) >= 11 is 0. The van der Waals surface area contributed by atoms with Gasteiger partial charge in [-0.25, -0.2) is 4.68 Å². The number of rotatable bonds is 6. The highest BCUT2D eigenvalue weighted by molar-refractivity contribution is 5.98. The molecule has 1 amide bonds. The van der Waals surface area contributed by atoms with E-state index < -0.39 is 6.04 Å². The van der Waals surface area contributed by atoms with Crippen LogP contribution in [0.15, 0.2) is 60.9 Å². The standard InChI is InChI=1S/C18H17N5O2/c1-13(24)15-8-5-9-16(11-15)20-18(25)17(23-12-19-21-22-23)10-14-6-3-2-4-7-14/h2-9,11-12,17H,10H2,1H3,(H,20,25)/t17-/m1/s1. The van der Waals surface area contributed by atoms with Gasteiger partial charge in [-0.15, -0.1) is 5.10 Å². The van der Waals surface area contributed by atoms with Gasteiger partial charge in [0.05, 0.1) is 0 Å². The normalized spacial score (nSPS) is 11.7. The first-order valence-corrected chi connectivity index (χ1v) is 7.82. The number of benzene rings is 2. The molecule has 0 radical (unpaired) electrons. The van der Waals surface area contributed by atoms with Crippen molar-refractivity contribution in [1.82, 2.24) is 20.2 Å². The van der Waals surface area contributed by atoms with Crippen LogP contribution in [-0.4, -0.2) is 31.9 Å². The Labute approximate surface area is 144 Å². The van der Waals surface area contributed by atoms with E-state index in [0.717, 1.165) is 5.56 Å². The third kappa shape index (κ3) is 4.14. The highest BCUT2D eigenvalue weighted by atomic mass is 16.2. The molecule has 1 atom stereocenters. The van der Waals surface area contributed by atoms with Crippen molar-refractivity contribution in [3.63, 3.8) is 0 Å². The van der Waals surface area contributed by atoms with Crippen LogP contribution in [0.25, 0.3) is 0 Å². The molecule has 0 unspecified atom stereocenters. The first-order chi connectivity index (χ1) is 12.1. The van der Waals surface area contributed by atoms with E-state index in [1.54, 1.807) is 24.3 Å². The Bertz CT molecular complexity index is 862. The number of hydrogen-bond acceptors (Lipinski definition) is 5. The summed E-state index contributed by atoms with van der Waals surface area (Å²) < 4.78 is 1.43.